The molecule has 9 heteroatoms. The van der Waals surface area contributed by atoms with E-state index in [2.05, 4.69) is 9.97 Å². The van der Waals surface area contributed by atoms with E-state index in [4.69, 9.17) is 0 Å². The Balaban J connectivity index is 2.80. The largest absolute Gasteiger partial charge is 0.348 e. The van der Waals surface area contributed by atoms with E-state index in [1.807, 2.05) is 0 Å². The predicted molar refractivity (Wildman–Crippen MR) is 78.6 cm³/mol. The summed E-state index contributed by atoms with van der Waals surface area (Å²) in [5.74, 6) is 0.262. The summed E-state index contributed by atoms with van der Waals surface area (Å²) < 4.78 is 2.76. The third kappa shape index (κ3) is 2.41. The lowest BCUT2D eigenvalue weighted by Gasteiger charge is -2.16. The van der Waals surface area contributed by atoms with Crippen molar-refractivity contribution in [2.45, 2.75) is 6.54 Å². The highest BCUT2D eigenvalue weighted by Crippen LogP contribution is 2.17. The van der Waals surface area contributed by atoms with Crippen molar-refractivity contribution in [3.8, 4) is 0 Å². The molecule has 2 aromatic heterocycles. The van der Waals surface area contributed by atoms with Crippen LogP contribution in [0.4, 0.5) is 5.95 Å². The number of fused-ring (bicyclic) bond motifs is 1. The minimum atomic E-state index is -0.555. The van der Waals surface area contributed by atoms with E-state index in [1.165, 1.54) is 21.1 Å². The standard InChI is InChI=1S/C12H18N6O3/c1-15(2)7(19)6-18-8-9(13-11(18)16(3)4)17(5)12(21)14-10(8)20/h6H2,1-5H3,(H,14,20,21). The first kappa shape index (κ1) is 14.8. The molecule has 0 saturated carbocycles. The zero-order chi connectivity index (χ0) is 15.9. The van der Waals surface area contributed by atoms with Crippen LogP contribution in [0, 0.1) is 0 Å². The Bertz CT molecular complexity index is 811. The van der Waals surface area contributed by atoms with Gasteiger partial charge in [-0.05, 0) is 0 Å². The zero-order valence-corrected chi connectivity index (χ0v) is 12.7. The maximum atomic E-state index is 12.1. The van der Waals surface area contributed by atoms with Gasteiger partial charge in [-0.2, -0.15) is 4.98 Å². The first-order chi connectivity index (χ1) is 9.73. The van der Waals surface area contributed by atoms with Crippen LogP contribution in [-0.2, 0) is 18.4 Å². The number of aromatic nitrogens is 4. The van der Waals surface area contributed by atoms with Crippen molar-refractivity contribution in [3.63, 3.8) is 0 Å². The van der Waals surface area contributed by atoms with Crippen LogP contribution in [-0.4, -0.2) is 58.1 Å². The maximum Gasteiger partial charge on any atom is 0.329 e. The number of rotatable bonds is 3. The molecule has 0 aromatic carbocycles. The first-order valence-corrected chi connectivity index (χ1v) is 6.31. The van der Waals surface area contributed by atoms with Crippen LogP contribution >= 0.6 is 0 Å². The van der Waals surface area contributed by atoms with Crippen LogP contribution in [0.2, 0.25) is 0 Å². The van der Waals surface area contributed by atoms with E-state index >= 15 is 0 Å². The Kier molecular flexibility index (Phi) is 3.58. The topological polar surface area (TPSA) is 96.2 Å². The Morgan fingerprint density at radius 3 is 2.38 bits per heavy atom. The average molecular weight is 294 g/mol. The van der Waals surface area contributed by atoms with E-state index < -0.39 is 11.2 Å². The number of amides is 1. The van der Waals surface area contributed by atoms with Gasteiger partial charge in [-0.25, -0.2) is 4.79 Å². The lowest BCUT2D eigenvalue weighted by atomic mass is 10.4. The van der Waals surface area contributed by atoms with Crippen molar-refractivity contribution in [2.24, 2.45) is 7.05 Å². The maximum absolute atomic E-state index is 12.1. The molecule has 0 spiro atoms. The number of imidazole rings is 1. The molecule has 0 aliphatic carbocycles. The molecule has 2 aromatic rings. The number of nitrogens with one attached hydrogen (secondary N) is 1. The molecule has 114 valence electrons. The summed E-state index contributed by atoms with van der Waals surface area (Å²) in [6.45, 7) is -0.0295. The lowest BCUT2D eigenvalue weighted by molar-refractivity contribution is -0.129. The predicted octanol–water partition coefficient (Wildman–Crippen LogP) is -1.42. The molecule has 0 bridgehead atoms. The highest BCUT2D eigenvalue weighted by Gasteiger charge is 2.20. The van der Waals surface area contributed by atoms with Gasteiger partial charge in [-0.1, -0.05) is 0 Å². The van der Waals surface area contributed by atoms with Gasteiger partial charge in [0.1, 0.15) is 6.54 Å². The molecule has 0 fully saturated rings. The molecule has 0 unspecified atom stereocenters. The van der Waals surface area contributed by atoms with Crippen molar-refractivity contribution in [1.29, 1.82) is 0 Å². The second-order valence-corrected chi connectivity index (χ2v) is 5.17. The molecular formula is C12H18N6O3. The second-order valence-electron chi connectivity index (χ2n) is 5.17. The van der Waals surface area contributed by atoms with Crippen molar-refractivity contribution >= 4 is 23.0 Å². The summed E-state index contributed by atoms with van der Waals surface area (Å²) in [5.41, 5.74) is -0.642. The monoisotopic (exact) mass is 294 g/mol. The van der Waals surface area contributed by atoms with E-state index in [0.29, 0.717) is 5.95 Å². The number of likely N-dealkylation sites (N-methyl/N-ethyl adjacent to an activating group) is 1. The van der Waals surface area contributed by atoms with Crippen LogP contribution in [0.25, 0.3) is 11.2 Å². The van der Waals surface area contributed by atoms with Crippen molar-refractivity contribution in [1.82, 2.24) is 24.0 Å². The number of anilines is 1. The van der Waals surface area contributed by atoms with Gasteiger partial charge in [-0.15, -0.1) is 0 Å². The minimum Gasteiger partial charge on any atom is -0.348 e. The number of carbonyl (C=O) groups excluding carboxylic acids is 1. The van der Waals surface area contributed by atoms with Gasteiger partial charge in [0.2, 0.25) is 11.9 Å². The van der Waals surface area contributed by atoms with Gasteiger partial charge in [0, 0.05) is 35.2 Å². The number of carbonyl (C=O) groups is 1. The Labute approximate surface area is 120 Å². The number of nitrogens with zero attached hydrogens (tertiary/aromatic N) is 5. The Morgan fingerprint density at radius 1 is 1.24 bits per heavy atom. The highest BCUT2D eigenvalue weighted by atomic mass is 16.2. The molecule has 0 aliphatic heterocycles. The van der Waals surface area contributed by atoms with Gasteiger partial charge in [0.25, 0.3) is 5.56 Å². The highest BCUT2D eigenvalue weighted by molar-refractivity contribution is 5.80. The smallest absolute Gasteiger partial charge is 0.329 e. The number of aryl methyl sites for hydroxylation is 1. The van der Waals surface area contributed by atoms with Crippen molar-refractivity contribution in [2.75, 3.05) is 33.1 Å². The summed E-state index contributed by atoms with van der Waals surface area (Å²) in [7, 11) is 8.30. The third-order valence-corrected chi connectivity index (χ3v) is 3.18. The summed E-state index contributed by atoms with van der Waals surface area (Å²) in [6.07, 6.45) is 0. The number of hydrogen-bond donors (Lipinski definition) is 1. The minimum absolute atomic E-state index is 0.0295. The molecule has 21 heavy (non-hydrogen) atoms. The molecular weight excluding hydrogens is 276 g/mol. The quantitative estimate of drug-likeness (QED) is 0.749. The average Bonchev–Trinajstić information content (AvgIpc) is 2.76. The zero-order valence-electron chi connectivity index (χ0n) is 12.7. The normalized spacial score (nSPS) is 10.9. The number of aromatic amines is 1. The van der Waals surface area contributed by atoms with Crippen molar-refractivity contribution < 1.29 is 4.79 Å². The number of hydrogen-bond acceptors (Lipinski definition) is 5. The summed E-state index contributed by atoms with van der Waals surface area (Å²) >= 11 is 0. The van der Waals surface area contributed by atoms with Gasteiger partial charge in [0.15, 0.2) is 11.2 Å². The van der Waals surface area contributed by atoms with Crippen LogP contribution in [0.3, 0.4) is 0 Å². The molecule has 2 rings (SSSR count). The van der Waals surface area contributed by atoms with Gasteiger partial charge in [-0.3, -0.25) is 23.7 Å². The van der Waals surface area contributed by atoms with E-state index in [-0.39, 0.29) is 23.6 Å². The van der Waals surface area contributed by atoms with E-state index in [9.17, 15) is 14.4 Å². The van der Waals surface area contributed by atoms with Gasteiger partial charge in [0.05, 0.1) is 0 Å². The SMILES string of the molecule is CN(C)C(=O)Cn1c(N(C)C)nc2c1c(=O)[nH]c(=O)n2C. The molecule has 9 nitrogen and oxygen atoms in total. The summed E-state index contributed by atoms with van der Waals surface area (Å²) in [5, 5.41) is 0. The molecule has 0 atom stereocenters. The van der Waals surface area contributed by atoms with Gasteiger partial charge >= 0.3 is 5.69 Å². The van der Waals surface area contributed by atoms with Crippen LogP contribution in [0.1, 0.15) is 0 Å². The second kappa shape index (κ2) is 5.08. The third-order valence-electron chi connectivity index (χ3n) is 3.18. The van der Waals surface area contributed by atoms with Crippen LogP contribution in [0.15, 0.2) is 9.59 Å². The molecule has 1 N–H and O–H groups in total. The van der Waals surface area contributed by atoms with Gasteiger partial charge < -0.3 is 9.80 Å². The number of H-pyrrole nitrogens is 1. The molecule has 0 saturated heterocycles. The fourth-order valence-electron chi connectivity index (χ4n) is 1.99. The summed E-state index contributed by atoms with van der Waals surface area (Å²) in [4.78, 5) is 45.4. The van der Waals surface area contributed by atoms with Crippen LogP contribution in [0.5, 0.6) is 0 Å². The first-order valence-electron chi connectivity index (χ1n) is 6.31. The van der Waals surface area contributed by atoms with E-state index in [1.54, 1.807) is 33.1 Å². The molecule has 2 heterocycles. The molecule has 1 amide bonds. The lowest BCUT2D eigenvalue weighted by Crippen LogP contribution is -2.31. The fraction of sp³-hybridized carbons (Fsp3) is 0.500. The molecule has 0 radical (unpaired) electrons. The van der Waals surface area contributed by atoms with Crippen molar-refractivity contribution in [3.05, 3.63) is 20.8 Å². The van der Waals surface area contributed by atoms with E-state index in [0.717, 1.165) is 0 Å². The Morgan fingerprint density at radius 2 is 1.86 bits per heavy atom. The fourth-order valence-corrected chi connectivity index (χ4v) is 1.99. The summed E-state index contributed by atoms with van der Waals surface area (Å²) in [6, 6.07) is 0. The van der Waals surface area contributed by atoms with Crippen LogP contribution < -0.4 is 16.1 Å². The Hall–Kier alpha value is -2.58. The molecule has 0 aliphatic rings.